The molecular weight excluding hydrogens is 460 g/mol. The topological polar surface area (TPSA) is 91.4 Å². The molecule has 0 aliphatic rings. The van der Waals surface area contributed by atoms with Crippen molar-refractivity contribution >= 4 is 60.7 Å². The number of aromatic hydroxyl groups is 1. The second kappa shape index (κ2) is 7.55. The van der Waals surface area contributed by atoms with E-state index in [1.54, 1.807) is 23.5 Å². The first kappa shape index (κ1) is 19.3. The van der Waals surface area contributed by atoms with Crippen molar-refractivity contribution in [2.75, 3.05) is 6.61 Å². The standard InChI is InChI=1S/C23H17BrN4O3/c1-2-31-23(30)19-20(27-26-15-11-9-14(24)10-12-15)22(29)28-17-8-4-6-13-5-3-7-16(18(13)17)25-21(19)28/h3-12,25,29H,2H2,1H3. The van der Waals surface area contributed by atoms with Crippen LogP contribution in [0.1, 0.15) is 17.3 Å². The van der Waals surface area contributed by atoms with Crippen LogP contribution in [0, 0.1) is 0 Å². The molecule has 154 valence electrons. The number of esters is 1. The number of aromatic amines is 1. The van der Waals surface area contributed by atoms with Crippen molar-refractivity contribution in [3.05, 3.63) is 70.7 Å². The summed E-state index contributed by atoms with van der Waals surface area (Å²) >= 11 is 3.38. The Labute approximate surface area is 185 Å². The molecule has 0 fully saturated rings. The second-order valence-corrected chi connectivity index (χ2v) is 7.85. The Bertz CT molecular complexity index is 1480. The van der Waals surface area contributed by atoms with Crippen molar-refractivity contribution in [2.24, 2.45) is 10.2 Å². The zero-order valence-corrected chi connectivity index (χ0v) is 18.0. The van der Waals surface area contributed by atoms with Gasteiger partial charge in [0, 0.05) is 15.4 Å². The van der Waals surface area contributed by atoms with Gasteiger partial charge in [0.2, 0.25) is 5.88 Å². The SMILES string of the molecule is CCOC(=O)c1c(N=Nc2ccc(Br)cc2)c(O)n2c1[nH]c1cccc3cccc2c31. The number of benzene rings is 3. The molecule has 0 aliphatic heterocycles. The van der Waals surface area contributed by atoms with Gasteiger partial charge in [0.25, 0.3) is 0 Å². The van der Waals surface area contributed by atoms with Crippen LogP contribution in [0.4, 0.5) is 11.4 Å². The van der Waals surface area contributed by atoms with Crippen LogP contribution in [0.25, 0.3) is 27.5 Å². The summed E-state index contributed by atoms with van der Waals surface area (Å²) in [4.78, 5) is 16.1. The van der Waals surface area contributed by atoms with Gasteiger partial charge in [-0.3, -0.25) is 4.40 Å². The lowest BCUT2D eigenvalue weighted by atomic mass is 10.1. The number of ether oxygens (including phenoxy) is 1. The molecule has 0 unspecified atom stereocenters. The zero-order valence-electron chi connectivity index (χ0n) is 16.5. The molecule has 0 atom stereocenters. The molecule has 7 nitrogen and oxygen atoms in total. The van der Waals surface area contributed by atoms with Gasteiger partial charge in [-0.25, -0.2) is 4.79 Å². The average Bonchev–Trinajstić information content (AvgIpc) is 3.05. The number of carbonyl (C=O) groups is 1. The Hall–Kier alpha value is -3.65. The minimum absolute atomic E-state index is 0.0497. The predicted molar refractivity (Wildman–Crippen MR) is 123 cm³/mol. The summed E-state index contributed by atoms with van der Waals surface area (Å²) in [6.45, 7) is 1.92. The molecule has 2 aromatic heterocycles. The Morgan fingerprint density at radius 1 is 1.10 bits per heavy atom. The lowest BCUT2D eigenvalue weighted by Gasteiger charge is -2.10. The van der Waals surface area contributed by atoms with Crippen LogP contribution in [0.2, 0.25) is 0 Å². The third-order valence-electron chi connectivity index (χ3n) is 5.07. The van der Waals surface area contributed by atoms with Crippen molar-refractivity contribution in [3.63, 3.8) is 0 Å². The summed E-state index contributed by atoms with van der Waals surface area (Å²) in [5, 5.41) is 21.5. The second-order valence-electron chi connectivity index (χ2n) is 6.93. The van der Waals surface area contributed by atoms with Crippen molar-refractivity contribution in [1.29, 1.82) is 0 Å². The highest BCUT2D eigenvalue weighted by Crippen LogP contribution is 2.41. The number of fused-ring (bicyclic) bond motifs is 2. The van der Waals surface area contributed by atoms with Crippen LogP contribution in [0.5, 0.6) is 5.88 Å². The van der Waals surface area contributed by atoms with Crippen LogP contribution in [0.3, 0.4) is 0 Å². The van der Waals surface area contributed by atoms with Gasteiger partial charge in [0.05, 0.1) is 17.8 Å². The van der Waals surface area contributed by atoms with Crippen molar-refractivity contribution in [1.82, 2.24) is 9.38 Å². The number of hydrogen-bond donors (Lipinski definition) is 2. The van der Waals surface area contributed by atoms with E-state index in [1.165, 1.54) is 0 Å². The zero-order chi connectivity index (χ0) is 21.5. The maximum atomic E-state index is 12.9. The Morgan fingerprint density at radius 2 is 1.84 bits per heavy atom. The Balaban J connectivity index is 1.83. The molecule has 2 heterocycles. The van der Waals surface area contributed by atoms with E-state index in [0.717, 1.165) is 26.3 Å². The normalized spacial score (nSPS) is 11.8. The summed E-state index contributed by atoms with van der Waals surface area (Å²) < 4.78 is 7.76. The molecule has 8 heteroatoms. The first-order chi connectivity index (χ1) is 15.1. The summed E-state index contributed by atoms with van der Waals surface area (Å²) in [5.41, 5.74) is 2.74. The fourth-order valence-electron chi connectivity index (χ4n) is 3.75. The highest BCUT2D eigenvalue weighted by molar-refractivity contribution is 9.10. The summed E-state index contributed by atoms with van der Waals surface area (Å²) in [5.74, 6) is -0.774. The van der Waals surface area contributed by atoms with Crippen molar-refractivity contribution in [3.8, 4) is 5.88 Å². The maximum absolute atomic E-state index is 12.9. The average molecular weight is 477 g/mol. The molecule has 31 heavy (non-hydrogen) atoms. The van der Waals surface area contributed by atoms with E-state index in [0.29, 0.717) is 11.3 Å². The molecular formula is C23H17BrN4O3. The molecule has 0 spiro atoms. The van der Waals surface area contributed by atoms with Gasteiger partial charge in [0.1, 0.15) is 11.2 Å². The van der Waals surface area contributed by atoms with Gasteiger partial charge in [0.15, 0.2) is 5.69 Å². The number of azo groups is 1. The maximum Gasteiger partial charge on any atom is 0.344 e. The van der Waals surface area contributed by atoms with Crippen LogP contribution in [-0.2, 0) is 4.74 Å². The van der Waals surface area contributed by atoms with E-state index >= 15 is 0 Å². The highest BCUT2D eigenvalue weighted by Gasteiger charge is 2.27. The van der Waals surface area contributed by atoms with Gasteiger partial charge >= 0.3 is 5.97 Å². The van der Waals surface area contributed by atoms with E-state index in [2.05, 4.69) is 31.1 Å². The first-order valence-electron chi connectivity index (χ1n) is 9.69. The molecule has 0 aliphatic carbocycles. The summed E-state index contributed by atoms with van der Waals surface area (Å²) in [6.07, 6.45) is 0. The molecule has 0 saturated heterocycles. The lowest BCUT2D eigenvalue weighted by Crippen LogP contribution is -2.05. The fourth-order valence-corrected chi connectivity index (χ4v) is 4.01. The number of nitrogens with one attached hydrogen (secondary N) is 1. The number of nitrogens with zero attached hydrogens (tertiary/aromatic N) is 3. The molecule has 3 aromatic carbocycles. The van der Waals surface area contributed by atoms with E-state index in [-0.39, 0.29) is 23.7 Å². The quantitative estimate of drug-likeness (QED) is 0.225. The third kappa shape index (κ3) is 3.16. The number of aromatic nitrogens is 2. The summed E-state index contributed by atoms with van der Waals surface area (Å²) in [6, 6.07) is 18.9. The van der Waals surface area contributed by atoms with Gasteiger partial charge in [-0.05, 0) is 48.7 Å². The van der Waals surface area contributed by atoms with Crippen molar-refractivity contribution < 1.29 is 14.6 Å². The third-order valence-corrected chi connectivity index (χ3v) is 5.60. The molecule has 0 saturated carbocycles. The fraction of sp³-hybridized carbons (Fsp3) is 0.0870. The highest BCUT2D eigenvalue weighted by atomic mass is 79.9. The number of carbonyl (C=O) groups excluding carboxylic acids is 1. The number of H-pyrrole nitrogens is 1. The van der Waals surface area contributed by atoms with Crippen LogP contribution in [0.15, 0.2) is 75.4 Å². The van der Waals surface area contributed by atoms with E-state index in [9.17, 15) is 9.90 Å². The molecule has 0 amide bonds. The van der Waals surface area contributed by atoms with E-state index in [1.807, 2.05) is 48.5 Å². The Kier molecular flexibility index (Phi) is 4.71. The molecule has 2 N–H and O–H groups in total. The first-order valence-corrected chi connectivity index (χ1v) is 10.5. The van der Waals surface area contributed by atoms with E-state index in [4.69, 9.17) is 4.74 Å². The molecule has 5 aromatic rings. The van der Waals surface area contributed by atoms with Gasteiger partial charge in [-0.15, -0.1) is 5.11 Å². The number of rotatable bonds is 4. The van der Waals surface area contributed by atoms with Crippen LogP contribution in [-0.4, -0.2) is 27.1 Å². The van der Waals surface area contributed by atoms with Gasteiger partial charge in [-0.2, -0.15) is 5.11 Å². The molecule has 0 bridgehead atoms. The monoisotopic (exact) mass is 476 g/mol. The lowest BCUT2D eigenvalue weighted by molar-refractivity contribution is 0.0529. The van der Waals surface area contributed by atoms with Crippen LogP contribution < -0.4 is 0 Å². The minimum atomic E-state index is -0.588. The van der Waals surface area contributed by atoms with E-state index < -0.39 is 5.97 Å². The smallest absolute Gasteiger partial charge is 0.344 e. The predicted octanol–water partition coefficient (Wildman–Crippen LogP) is 6.63. The Morgan fingerprint density at radius 3 is 2.58 bits per heavy atom. The van der Waals surface area contributed by atoms with Crippen molar-refractivity contribution in [2.45, 2.75) is 6.92 Å². The molecule has 0 radical (unpaired) electrons. The molecule has 5 rings (SSSR count). The van der Waals surface area contributed by atoms with Gasteiger partial charge in [-0.1, -0.05) is 40.2 Å². The largest absolute Gasteiger partial charge is 0.493 e. The minimum Gasteiger partial charge on any atom is -0.493 e. The van der Waals surface area contributed by atoms with Crippen LogP contribution >= 0.6 is 15.9 Å². The summed E-state index contributed by atoms with van der Waals surface area (Å²) in [7, 11) is 0. The number of hydrogen-bond acceptors (Lipinski definition) is 5. The number of halogens is 1. The van der Waals surface area contributed by atoms with Gasteiger partial charge < -0.3 is 14.8 Å².